The Bertz CT molecular complexity index is 1010. The van der Waals surface area contributed by atoms with Gasteiger partial charge < -0.3 is 10.2 Å². The molecule has 0 atom stereocenters. The number of rotatable bonds is 2. The number of thiazole rings is 1. The van der Waals surface area contributed by atoms with Gasteiger partial charge in [-0.05, 0) is 43.2 Å². The number of likely N-dealkylation sites (tertiary alicyclic amines) is 1. The van der Waals surface area contributed by atoms with Crippen LogP contribution < -0.4 is 5.32 Å². The standard InChI is InChI=1S/C20H17ClF3N3OS/c21-13-5-6-15(14(11-13)20(22,23)24)26-19(28)27-9-7-12(8-10-27)18-25-16-3-1-2-4-17(16)29-18/h1-6,11-12H,7-10H2,(H,26,28). The summed E-state index contributed by atoms with van der Waals surface area (Å²) in [5.41, 5.74) is -0.280. The Labute approximate surface area is 174 Å². The molecular weight excluding hydrogens is 423 g/mol. The summed E-state index contributed by atoms with van der Waals surface area (Å²) < 4.78 is 40.8. The highest BCUT2D eigenvalue weighted by molar-refractivity contribution is 7.18. The van der Waals surface area contributed by atoms with Crippen LogP contribution >= 0.6 is 22.9 Å². The lowest BCUT2D eigenvalue weighted by Crippen LogP contribution is -2.40. The minimum Gasteiger partial charge on any atom is -0.324 e. The molecule has 2 aromatic carbocycles. The summed E-state index contributed by atoms with van der Waals surface area (Å²) in [6, 6.07) is 10.7. The van der Waals surface area contributed by atoms with Gasteiger partial charge in [-0.15, -0.1) is 11.3 Å². The van der Waals surface area contributed by atoms with E-state index in [-0.39, 0.29) is 16.6 Å². The number of anilines is 1. The second kappa shape index (κ2) is 7.84. The third kappa shape index (κ3) is 4.33. The van der Waals surface area contributed by atoms with Crippen molar-refractivity contribution < 1.29 is 18.0 Å². The molecule has 1 aromatic heterocycles. The Morgan fingerprint density at radius 3 is 2.59 bits per heavy atom. The topological polar surface area (TPSA) is 45.2 Å². The third-order valence-electron chi connectivity index (χ3n) is 4.97. The van der Waals surface area contributed by atoms with E-state index in [1.165, 1.54) is 12.1 Å². The number of aromatic nitrogens is 1. The molecule has 1 N–H and O–H groups in total. The highest BCUT2D eigenvalue weighted by Gasteiger charge is 2.35. The Morgan fingerprint density at radius 2 is 1.90 bits per heavy atom. The van der Waals surface area contributed by atoms with Crippen LogP contribution in [0, 0.1) is 0 Å². The first-order valence-electron chi connectivity index (χ1n) is 9.09. The number of para-hydroxylation sites is 1. The predicted octanol–water partition coefficient (Wildman–Crippen LogP) is 6.38. The van der Waals surface area contributed by atoms with E-state index < -0.39 is 17.8 Å². The van der Waals surface area contributed by atoms with Crippen LogP contribution in [0.25, 0.3) is 10.2 Å². The number of urea groups is 1. The Hall–Kier alpha value is -2.32. The molecule has 2 heterocycles. The molecule has 2 amide bonds. The monoisotopic (exact) mass is 439 g/mol. The molecule has 0 bridgehead atoms. The molecule has 3 aromatic rings. The van der Waals surface area contributed by atoms with Crippen LogP contribution in [0.4, 0.5) is 23.7 Å². The van der Waals surface area contributed by atoms with Crippen LogP contribution in [0.5, 0.6) is 0 Å². The first-order chi connectivity index (χ1) is 13.8. The van der Waals surface area contributed by atoms with Gasteiger partial charge in [-0.3, -0.25) is 0 Å². The van der Waals surface area contributed by atoms with Crippen LogP contribution in [-0.2, 0) is 6.18 Å². The van der Waals surface area contributed by atoms with Crippen molar-refractivity contribution in [1.82, 2.24) is 9.88 Å². The number of carbonyl (C=O) groups excluding carboxylic acids is 1. The van der Waals surface area contributed by atoms with E-state index in [0.717, 1.165) is 34.1 Å². The van der Waals surface area contributed by atoms with E-state index >= 15 is 0 Å². The number of nitrogens with zero attached hydrogens (tertiary/aromatic N) is 2. The van der Waals surface area contributed by atoms with Gasteiger partial charge in [0.15, 0.2) is 0 Å². The minimum atomic E-state index is -4.60. The SMILES string of the molecule is O=C(Nc1ccc(Cl)cc1C(F)(F)F)N1CCC(c2nc3ccccc3s2)CC1. The average Bonchev–Trinajstić information content (AvgIpc) is 3.13. The first-order valence-corrected chi connectivity index (χ1v) is 10.3. The van der Waals surface area contributed by atoms with Gasteiger partial charge in [-0.2, -0.15) is 13.2 Å². The maximum Gasteiger partial charge on any atom is 0.418 e. The number of hydrogen-bond donors (Lipinski definition) is 1. The number of benzene rings is 2. The van der Waals surface area contributed by atoms with Crippen LogP contribution in [0.15, 0.2) is 42.5 Å². The lowest BCUT2D eigenvalue weighted by atomic mass is 9.98. The normalized spacial score (nSPS) is 15.7. The fraction of sp³-hybridized carbons (Fsp3) is 0.300. The van der Waals surface area contributed by atoms with E-state index in [9.17, 15) is 18.0 Å². The molecule has 0 aliphatic carbocycles. The number of fused-ring (bicyclic) bond motifs is 1. The summed E-state index contributed by atoms with van der Waals surface area (Å²) in [4.78, 5) is 18.7. The molecule has 9 heteroatoms. The quantitative estimate of drug-likeness (QED) is 0.503. The Kier molecular flexibility index (Phi) is 5.40. The number of carbonyl (C=O) groups is 1. The molecule has 4 rings (SSSR count). The van der Waals surface area contributed by atoms with Crippen molar-refractivity contribution >= 4 is 44.9 Å². The number of nitrogens with one attached hydrogen (secondary N) is 1. The van der Waals surface area contributed by atoms with Crippen LogP contribution in [0.1, 0.15) is 29.3 Å². The maximum atomic E-state index is 13.2. The van der Waals surface area contributed by atoms with E-state index in [1.54, 1.807) is 16.2 Å². The van der Waals surface area contributed by atoms with E-state index in [2.05, 4.69) is 10.3 Å². The van der Waals surface area contributed by atoms with Crippen molar-refractivity contribution in [3.8, 4) is 0 Å². The second-order valence-corrected chi connectivity index (χ2v) is 8.40. The number of halogens is 4. The number of hydrogen-bond acceptors (Lipinski definition) is 3. The van der Waals surface area contributed by atoms with E-state index in [0.29, 0.717) is 13.1 Å². The molecule has 1 fully saturated rings. The van der Waals surface area contributed by atoms with Gasteiger partial charge in [0.25, 0.3) is 0 Å². The number of amides is 2. The van der Waals surface area contributed by atoms with Crippen molar-refractivity contribution in [2.75, 3.05) is 18.4 Å². The zero-order valence-corrected chi connectivity index (χ0v) is 16.7. The third-order valence-corrected chi connectivity index (χ3v) is 6.40. The van der Waals surface area contributed by atoms with Gasteiger partial charge in [0, 0.05) is 24.0 Å². The van der Waals surface area contributed by atoms with Gasteiger partial charge in [-0.25, -0.2) is 9.78 Å². The second-order valence-electron chi connectivity index (χ2n) is 6.90. The molecule has 1 saturated heterocycles. The molecular formula is C20H17ClF3N3OS. The molecule has 0 unspecified atom stereocenters. The Balaban J connectivity index is 1.42. The lowest BCUT2D eigenvalue weighted by Gasteiger charge is -2.31. The molecule has 4 nitrogen and oxygen atoms in total. The molecule has 1 aliphatic heterocycles. The molecule has 0 radical (unpaired) electrons. The lowest BCUT2D eigenvalue weighted by molar-refractivity contribution is -0.136. The minimum absolute atomic E-state index is 0.0352. The van der Waals surface area contributed by atoms with Gasteiger partial charge in [-0.1, -0.05) is 23.7 Å². The van der Waals surface area contributed by atoms with Crippen molar-refractivity contribution in [2.45, 2.75) is 24.9 Å². The van der Waals surface area contributed by atoms with Crippen molar-refractivity contribution in [3.63, 3.8) is 0 Å². The van der Waals surface area contributed by atoms with Gasteiger partial charge in [0.2, 0.25) is 0 Å². The molecule has 29 heavy (non-hydrogen) atoms. The van der Waals surface area contributed by atoms with Crippen LogP contribution in [-0.4, -0.2) is 29.0 Å². The first kappa shape index (κ1) is 20.0. The molecule has 0 spiro atoms. The van der Waals surface area contributed by atoms with Crippen molar-refractivity contribution in [2.24, 2.45) is 0 Å². The van der Waals surface area contributed by atoms with E-state index in [1.807, 2.05) is 24.3 Å². The number of alkyl halides is 3. The molecule has 0 saturated carbocycles. The van der Waals surface area contributed by atoms with Gasteiger partial charge >= 0.3 is 12.2 Å². The predicted molar refractivity (Wildman–Crippen MR) is 109 cm³/mol. The molecule has 1 aliphatic rings. The van der Waals surface area contributed by atoms with Gasteiger partial charge in [0.1, 0.15) is 0 Å². The summed E-state index contributed by atoms with van der Waals surface area (Å²) in [7, 11) is 0. The van der Waals surface area contributed by atoms with Crippen LogP contribution in [0.3, 0.4) is 0 Å². The van der Waals surface area contributed by atoms with Crippen LogP contribution in [0.2, 0.25) is 5.02 Å². The van der Waals surface area contributed by atoms with Gasteiger partial charge in [0.05, 0.1) is 26.5 Å². The van der Waals surface area contributed by atoms with E-state index in [4.69, 9.17) is 11.6 Å². The average molecular weight is 440 g/mol. The largest absolute Gasteiger partial charge is 0.418 e. The maximum absolute atomic E-state index is 13.2. The van der Waals surface area contributed by atoms with Crippen molar-refractivity contribution in [1.29, 1.82) is 0 Å². The summed E-state index contributed by atoms with van der Waals surface area (Å²) >= 11 is 7.34. The summed E-state index contributed by atoms with van der Waals surface area (Å²) in [6.07, 6.45) is -3.16. The smallest absolute Gasteiger partial charge is 0.324 e. The zero-order chi connectivity index (χ0) is 20.6. The van der Waals surface area contributed by atoms with Crippen molar-refractivity contribution in [3.05, 3.63) is 58.1 Å². The summed E-state index contributed by atoms with van der Waals surface area (Å²) in [5.74, 6) is 0.248. The highest BCUT2D eigenvalue weighted by atomic mass is 35.5. The number of piperidine rings is 1. The Morgan fingerprint density at radius 1 is 1.17 bits per heavy atom. The summed E-state index contributed by atoms with van der Waals surface area (Å²) in [5, 5.41) is 3.39. The summed E-state index contributed by atoms with van der Waals surface area (Å²) in [6.45, 7) is 0.919. The fourth-order valence-corrected chi connectivity index (χ4v) is 4.76. The molecule has 152 valence electrons. The zero-order valence-electron chi connectivity index (χ0n) is 15.2. The fourth-order valence-electron chi connectivity index (χ4n) is 3.45. The highest BCUT2D eigenvalue weighted by Crippen LogP contribution is 2.37.